The van der Waals surface area contributed by atoms with E-state index in [4.69, 9.17) is 0 Å². The van der Waals surface area contributed by atoms with Crippen molar-refractivity contribution in [2.45, 2.75) is 58.4 Å². The minimum Gasteiger partial charge on any atom is -0.313 e. The van der Waals surface area contributed by atoms with E-state index in [-0.39, 0.29) is 0 Å². The zero-order valence-electron chi connectivity index (χ0n) is 12.0. The molecule has 98 valence electrons. The number of rotatable bonds is 1. The second-order valence-electron chi connectivity index (χ2n) is 6.88. The van der Waals surface area contributed by atoms with Crippen molar-refractivity contribution in [1.82, 2.24) is 5.32 Å². The molecule has 2 aliphatic carbocycles. The smallest absolute Gasteiger partial charge is 0.0325 e. The second-order valence-corrected chi connectivity index (χ2v) is 6.88. The molecule has 0 saturated heterocycles. The molecule has 1 heteroatoms. The fourth-order valence-corrected chi connectivity index (χ4v) is 3.73. The SMILES string of the molecule is CNC1CC(C)(C)CCc2cc3c(cc21)CCC3. The van der Waals surface area contributed by atoms with E-state index in [0.29, 0.717) is 11.5 Å². The van der Waals surface area contributed by atoms with Crippen molar-refractivity contribution < 1.29 is 0 Å². The van der Waals surface area contributed by atoms with E-state index < -0.39 is 0 Å². The largest absolute Gasteiger partial charge is 0.313 e. The topological polar surface area (TPSA) is 12.0 Å². The van der Waals surface area contributed by atoms with Gasteiger partial charge in [-0.3, -0.25) is 0 Å². The molecule has 0 fully saturated rings. The minimum atomic E-state index is 0.455. The lowest BCUT2D eigenvalue weighted by Gasteiger charge is -2.27. The summed E-state index contributed by atoms with van der Waals surface area (Å²) in [5.41, 5.74) is 6.90. The highest BCUT2D eigenvalue weighted by Gasteiger charge is 2.29. The lowest BCUT2D eigenvalue weighted by atomic mass is 9.83. The first kappa shape index (κ1) is 12.2. The van der Waals surface area contributed by atoms with Crippen LogP contribution in [0.3, 0.4) is 0 Å². The first-order chi connectivity index (χ1) is 8.59. The first-order valence-corrected chi connectivity index (χ1v) is 7.41. The van der Waals surface area contributed by atoms with Gasteiger partial charge >= 0.3 is 0 Å². The summed E-state index contributed by atoms with van der Waals surface area (Å²) in [6.45, 7) is 4.83. The average molecular weight is 243 g/mol. The molecule has 2 aliphatic rings. The average Bonchev–Trinajstić information content (AvgIpc) is 2.74. The van der Waals surface area contributed by atoms with Crippen LogP contribution in [0.4, 0.5) is 0 Å². The summed E-state index contributed by atoms with van der Waals surface area (Å²) in [5.74, 6) is 0. The number of aryl methyl sites for hydroxylation is 3. The van der Waals surface area contributed by atoms with E-state index in [1.54, 1.807) is 22.3 Å². The lowest BCUT2D eigenvalue weighted by molar-refractivity contribution is 0.279. The Labute approximate surface area is 111 Å². The van der Waals surface area contributed by atoms with Gasteiger partial charge in [0.05, 0.1) is 0 Å². The van der Waals surface area contributed by atoms with Crippen molar-refractivity contribution in [2.24, 2.45) is 5.41 Å². The molecule has 1 nitrogen and oxygen atoms in total. The Balaban J connectivity index is 2.04. The molecule has 0 saturated carbocycles. The third-order valence-corrected chi connectivity index (χ3v) is 4.91. The van der Waals surface area contributed by atoms with Gasteiger partial charge in [-0.1, -0.05) is 26.0 Å². The molecular weight excluding hydrogens is 218 g/mol. The molecule has 0 aliphatic heterocycles. The van der Waals surface area contributed by atoms with Gasteiger partial charge in [-0.15, -0.1) is 0 Å². The zero-order valence-corrected chi connectivity index (χ0v) is 12.0. The van der Waals surface area contributed by atoms with Crippen molar-refractivity contribution in [1.29, 1.82) is 0 Å². The molecule has 0 heterocycles. The first-order valence-electron chi connectivity index (χ1n) is 7.41. The van der Waals surface area contributed by atoms with Crippen LogP contribution in [0.25, 0.3) is 0 Å². The number of benzene rings is 1. The molecule has 0 aromatic heterocycles. The highest BCUT2D eigenvalue weighted by Crippen LogP contribution is 2.41. The van der Waals surface area contributed by atoms with Gasteiger partial charge < -0.3 is 5.32 Å². The maximum Gasteiger partial charge on any atom is 0.0325 e. The third kappa shape index (κ3) is 2.09. The van der Waals surface area contributed by atoms with Crippen LogP contribution in [-0.4, -0.2) is 7.05 Å². The quantitative estimate of drug-likeness (QED) is 0.740. The fourth-order valence-electron chi connectivity index (χ4n) is 3.73. The van der Waals surface area contributed by atoms with Crippen molar-refractivity contribution in [3.8, 4) is 0 Å². The minimum absolute atomic E-state index is 0.455. The number of fused-ring (bicyclic) bond motifs is 2. The lowest BCUT2D eigenvalue weighted by Crippen LogP contribution is -2.22. The predicted molar refractivity (Wildman–Crippen MR) is 77.0 cm³/mol. The van der Waals surface area contributed by atoms with Crippen LogP contribution >= 0.6 is 0 Å². The Kier molecular flexibility index (Phi) is 2.97. The Hall–Kier alpha value is -0.820. The number of hydrogen-bond acceptors (Lipinski definition) is 1. The van der Waals surface area contributed by atoms with Gasteiger partial charge in [0.15, 0.2) is 0 Å². The van der Waals surface area contributed by atoms with Gasteiger partial charge in [-0.05, 0) is 73.2 Å². The molecule has 1 atom stereocenters. The predicted octanol–water partition coefficient (Wildman–Crippen LogP) is 3.80. The summed E-state index contributed by atoms with van der Waals surface area (Å²) in [6, 6.07) is 5.58. The van der Waals surface area contributed by atoms with Crippen molar-refractivity contribution >= 4 is 0 Å². The van der Waals surface area contributed by atoms with Crippen molar-refractivity contribution in [3.05, 3.63) is 34.4 Å². The van der Waals surface area contributed by atoms with E-state index in [1.165, 1.54) is 38.5 Å². The second kappa shape index (κ2) is 4.38. The Bertz CT molecular complexity index is 459. The van der Waals surface area contributed by atoms with E-state index in [1.807, 2.05) is 0 Å². The van der Waals surface area contributed by atoms with Crippen molar-refractivity contribution in [2.75, 3.05) is 7.05 Å². The Morgan fingerprint density at radius 1 is 1.06 bits per heavy atom. The van der Waals surface area contributed by atoms with Gasteiger partial charge in [0.2, 0.25) is 0 Å². The third-order valence-electron chi connectivity index (χ3n) is 4.91. The molecule has 1 N–H and O–H groups in total. The maximum atomic E-state index is 3.55. The molecule has 1 aromatic rings. The monoisotopic (exact) mass is 243 g/mol. The molecule has 0 spiro atoms. The van der Waals surface area contributed by atoms with E-state index in [9.17, 15) is 0 Å². The van der Waals surface area contributed by atoms with Crippen LogP contribution in [0, 0.1) is 5.41 Å². The summed E-state index contributed by atoms with van der Waals surface area (Å²) in [4.78, 5) is 0. The number of hydrogen-bond donors (Lipinski definition) is 1. The van der Waals surface area contributed by atoms with E-state index in [0.717, 1.165) is 0 Å². The molecular formula is C17H25N. The Morgan fingerprint density at radius 3 is 2.50 bits per heavy atom. The van der Waals surface area contributed by atoms with Gasteiger partial charge in [-0.25, -0.2) is 0 Å². The summed E-state index contributed by atoms with van der Waals surface area (Å²) in [7, 11) is 2.11. The van der Waals surface area contributed by atoms with E-state index in [2.05, 4.69) is 38.3 Å². The van der Waals surface area contributed by atoms with Gasteiger partial charge in [0.25, 0.3) is 0 Å². The normalized spacial score (nSPS) is 25.4. The fraction of sp³-hybridized carbons (Fsp3) is 0.647. The highest BCUT2D eigenvalue weighted by atomic mass is 14.9. The summed E-state index contributed by atoms with van der Waals surface area (Å²) < 4.78 is 0. The molecule has 3 rings (SSSR count). The van der Waals surface area contributed by atoms with Crippen LogP contribution in [0.5, 0.6) is 0 Å². The Morgan fingerprint density at radius 2 is 1.78 bits per heavy atom. The summed E-state index contributed by atoms with van der Waals surface area (Å²) in [5, 5.41) is 3.55. The standard InChI is InChI=1S/C17H25N/c1-17(2)8-7-14-9-12-5-4-6-13(12)10-15(14)16(11-17)18-3/h9-10,16,18H,4-8,11H2,1-3H3. The van der Waals surface area contributed by atoms with Crippen LogP contribution in [0.15, 0.2) is 12.1 Å². The van der Waals surface area contributed by atoms with Crippen LogP contribution in [0.1, 0.15) is 61.4 Å². The molecule has 0 bridgehead atoms. The molecule has 1 aromatic carbocycles. The number of nitrogens with one attached hydrogen (secondary N) is 1. The molecule has 0 amide bonds. The zero-order chi connectivity index (χ0) is 12.8. The van der Waals surface area contributed by atoms with E-state index >= 15 is 0 Å². The molecule has 18 heavy (non-hydrogen) atoms. The van der Waals surface area contributed by atoms with Crippen LogP contribution < -0.4 is 5.32 Å². The van der Waals surface area contributed by atoms with Gasteiger partial charge in [-0.2, -0.15) is 0 Å². The molecule has 1 unspecified atom stereocenters. The summed E-state index contributed by atoms with van der Waals surface area (Å²) in [6.07, 6.45) is 7.78. The molecule has 0 radical (unpaired) electrons. The van der Waals surface area contributed by atoms with Gasteiger partial charge in [0, 0.05) is 6.04 Å². The van der Waals surface area contributed by atoms with Gasteiger partial charge in [0.1, 0.15) is 0 Å². The van der Waals surface area contributed by atoms with Crippen molar-refractivity contribution in [3.63, 3.8) is 0 Å². The summed E-state index contributed by atoms with van der Waals surface area (Å²) >= 11 is 0. The maximum absolute atomic E-state index is 3.55. The van der Waals surface area contributed by atoms with Crippen LogP contribution in [-0.2, 0) is 19.3 Å². The van der Waals surface area contributed by atoms with Crippen LogP contribution in [0.2, 0.25) is 0 Å². The highest BCUT2D eigenvalue weighted by molar-refractivity contribution is 5.43.